The maximum Gasteiger partial charge on any atom is 0.142 e. The Morgan fingerprint density at radius 2 is 2.21 bits per heavy atom. The van der Waals surface area contributed by atoms with E-state index in [1.165, 1.54) is 10.9 Å². The highest BCUT2D eigenvalue weighted by atomic mass is 16.5. The van der Waals surface area contributed by atoms with E-state index in [9.17, 15) is 0 Å². The van der Waals surface area contributed by atoms with Gasteiger partial charge in [0.2, 0.25) is 0 Å². The molecule has 1 N–H and O–H groups in total. The van der Waals surface area contributed by atoms with Crippen molar-refractivity contribution in [3.63, 3.8) is 0 Å². The molecule has 0 aliphatic heterocycles. The predicted molar refractivity (Wildman–Crippen MR) is 59.6 cm³/mol. The van der Waals surface area contributed by atoms with Crippen molar-refractivity contribution in [2.24, 2.45) is 0 Å². The predicted octanol–water partition coefficient (Wildman–Crippen LogP) is 3.21. The van der Waals surface area contributed by atoms with Crippen molar-refractivity contribution >= 4 is 17.0 Å². The molecule has 0 aliphatic rings. The summed E-state index contributed by atoms with van der Waals surface area (Å²) in [7, 11) is 1.69. The molecule has 0 aliphatic carbocycles. The molecule has 2 aromatic rings. The number of para-hydroxylation sites is 1. The lowest BCUT2D eigenvalue weighted by molar-refractivity contribution is 0.419. The van der Waals surface area contributed by atoms with Crippen molar-refractivity contribution in [2.45, 2.75) is 6.92 Å². The fraction of sp³-hybridized carbons (Fsp3) is 0.167. The molecular formula is C12H13NO. The topological polar surface area (TPSA) is 25.0 Å². The van der Waals surface area contributed by atoms with Gasteiger partial charge < -0.3 is 9.72 Å². The summed E-state index contributed by atoms with van der Waals surface area (Å²) in [6.45, 7) is 2.01. The first-order valence-electron chi connectivity index (χ1n) is 4.63. The summed E-state index contributed by atoms with van der Waals surface area (Å²) in [5.41, 5.74) is 2.25. The van der Waals surface area contributed by atoms with Crippen molar-refractivity contribution < 1.29 is 4.74 Å². The van der Waals surface area contributed by atoms with Crippen LogP contribution in [0.1, 0.15) is 12.5 Å². The van der Waals surface area contributed by atoms with E-state index in [1.54, 1.807) is 7.11 Å². The molecule has 0 unspecified atom stereocenters. The Hall–Kier alpha value is -1.70. The molecule has 1 aromatic carbocycles. The van der Waals surface area contributed by atoms with Crippen LogP contribution < -0.4 is 4.74 Å². The van der Waals surface area contributed by atoms with E-state index in [2.05, 4.69) is 17.1 Å². The van der Waals surface area contributed by atoms with Crippen LogP contribution in [0.3, 0.4) is 0 Å². The van der Waals surface area contributed by atoms with Gasteiger partial charge in [-0.25, -0.2) is 0 Å². The number of hydrogen-bond donors (Lipinski definition) is 1. The van der Waals surface area contributed by atoms with E-state index in [1.807, 2.05) is 31.3 Å². The molecule has 0 spiro atoms. The van der Waals surface area contributed by atoms with Gasteiger partial charge in [-0.1, -0.05) is 24.3 Å². The van der Waals surface area contributed by atoms with Gasteiger partial charge in [0.25, 0.3) is 0 Å². The van der Waals surface area contributed by atoms with Crippen LogP contribution in [0.25, 0.3) is 17.0 Å². The number of benzene rings is 1. The van der Waals surface area contributed by atoms with Crippen molar-refractivity contribution in [3.8, 4) is 5.75 Å². The second-order valence-electron chi connectivity index (χ2n) is 3.13. The number of allylic oxidation sites excluding steroid dienone is 1. The third-order valence-corrected chi connectivity index (χ3v) is 2.28. The Labute approximate surface area is 83.2 Å². The summed E-state index contributed by atoms with van der Waals surface area (Å²) < 4.78 is 5.26. The number of methoxy groups -OCH3 is 1. The lowest BCUT2D eigenvalue weighted by Crippen LogP contribution is -1.83. The Morgan fingerprint density at radius 3 is 2.93 bits per heavy atom. The van der Waals surface area contributed by atoms with Crippen LogP contribution in [0.15, 0.2) is 30.5 Å². The number of ether oxygens (including phenoxy) is 1. The van der Waals surface area contributed by atoms with Gasteiger partial charge in [0.1, 0.15) is 5.75 Å². The molecule has 0 radical (unpaired) electrons. The van der Waals surface area contributed by atoms with Gasteiger partial charge in [0.05, 0.1) is 12.6 Å². The van der Waals surface area contributed by atoms with Gasteiger partial charge in [-0.3, -0.25) is 0 Å². The Kier molecular flexibility index (Phi) is 2.27. The van der Waals surface area contributed by atoms with Crippen LogP contribution >= 0.6 is 0 Å². The quantitative estimate of drug-likeness (QED) is 0.767. The maximum atomic E-state index is 5.26. The molecule has 0 atom stereocenters. The van der Waals surface area contributed by atoms with Crippen molar-refractivity contribution in [1.82, 2.24) is 4.98 Å². The standard InChI is InChI=1S/C12H13NO/c1-3-5-9-8-13-12-10(9)6-4-7-11(12)14-2/h3-8,13H,1-2H3/b5-3+. The number of aromatic nitrogens is 1. The van der Waals surface area contributed by atoms with E-state index in [0.29, 0.717) is 0 Å². The van der Waals surface area contributed by atoms with Gasteiger partial charge in [-0.15, -0.1) is 0 Å². The molecule has 0 amide bonds. The van der Waals surface area contributed by atoms with E-state index in [4.69, 9.17) is 4.74 Å². The van der Waals surface area contributed by atoms with E-state index < -0.39 is 0 Å². The number of rotatable bonds is 2. The first-order chi connectivity index (χ1) is 6.86. The molecule has 2 heteroatoms. The minimum atomic E-state index is 0.887. The fourth-order valence-corrected chi connectivity index (χ4v) is 1.64. The largest absolute Gasteiger partial charge is 0.495 e. The smallest absolute Gasteiger partial charge is 0.142 e. The fourth-order valence-electron chi connectivity index (χ4n) is 1.64. The second kappa shape index (κ2) is 3.58. The average molecular weight is 187 g/mol. The highest BCUT2D eigenvalue weighted by Crippen LogP contribution is 2.27. The Bertz CT molecular complexity index is 468. The molecule has 2 nitrogen and oxygen atoms in total. The first kappa shape index (κ1) is 8.88. The van der Waals surface area contributed by atoms with Crippen LogP contribution in [-0.4, -0.2) is 12.1 Å². The van der Waals surface area contributed by atoms with E-state index in [0.717, 1.165) is 11.3 Å². The van der Waals surface area contributed by atoms with Gasteiger partial charge in [-0.2, -0.15) is 0 Å². The summed E-state index contributed by atoms with van der Waals surface area (Å²) >= 11 is 0. The highest BCUT2D eigenvalue weighted by Gasteiger charge is 2.04. The van der Waals surface area contributed by atoms with Crippen molar-refractivity contribution in [2.75, 3.05) is 7.11 Å². The maximum absolute atomic E-state index is 5.26. The minimum absolute atomic E-state index is 0.887. The van der Waals surface area contributed by atoms with Crippen LogP contribution in [0.4, 0.5) is 0 Å². The van der Waals surface area contributed by atoms with Gasteiger partial charge in [0, 0.05) is 11.6 Å². The number of hydrogen-bond acceptors (Lipinski definition) is 1. The van der Waals surface area contributed by atoms with Gasteiger partial charge in [0.15, 0.2) is 0 Å². The molecule has 2 rings (SSSR count). The zero-order valence-electron chi connectivity index (χ0n) is 8.37. The first-order valence-corrected chi connectivity index (χ1v) is 4.63. The summed E-state index contributed by atoms with van der Waals surface area (Å²) in [4.78, 5) is 3.22. The lowest BCUT2D eigenvalue weighted by Gasteiger charge is -2.00. The molecule has 0 bridgehead atoms. The molecule has 72 valence electrons. The molecule has 1 aromatic heterocycles. The molecule has 0 fully saturated rings. The van der Waals surface area contributed by atoms with Crippen LogP contribution in [0.5, 0.6) is 5.75 Å². The van der Waals surface area contributed by atoms with Crippen molar-refractivity contribution in [3.05, 3.63) is 36.0 Å². The summed E-state index contributed by atoms with van der Waals surface area (Å²) in [5.74, 6) is 0.887. The normalized spacial score (nSPS) is 11.3. The second-order valence-corrected chi connectivity index (χ2v) is 3.13. The third-order valence-electron chi connectivity index (χ3n) is 2.28. The van der Waals surface area contributed by atoms with Gasteiger partial charge >= 0.3 is 0 Å². The summed E-state index contributed by atoms with van der Waals surface area (Å²) in [6.07, 6.45) is 6.10. The van der Waals surface area contributed by atoms with E-state index >= 15 is 0 Å². The zero-order valence-corrected chi connectivity index (χ0v) is 8.37. The average Bonchev–Trinajstić information content (AvgIpc) is 2.62. The van der Waals surface area contributed by atoms with Gasteiger partial charge in [-0.05, 0) is 18.6 Å². The van der Waals surface area contributed by atoms with Crippen LogP contribution in [-0.2, 0) is 0 Å². The number of fused-ring (bicyclic) bond motifs is 1. The Morgan fingerprint density at radius 1 is 1.36 bits per heavy atom. The molecule has 0 saturated heterocycles. The Balaban J connectivity index is 2.69. The van der Waals surface area contributed by atoms with Crippen LogP contribution in [0, 0.1) is 0 Å². The number of H-pyrrole nitrogens is 1. The molecule has 1 heterocycles. The zero-order chi connectivity index (χ0) is 9.97. The summed E-state index contributed by atoms with van der Waals surface area (Å²) in [6, 6.07) is 6.05. The summed E-state index contributed by atoms with van der Waals surface area (Å²) in [5, 5.41) is 1.20. The van der Waals surface area contributed by atoms with Crippen molar-refractivity contribution in [1.29, 1.82) is 0 Å². The SMILES string of the molecule is C/C=C/c1c[nH]c2c(OC)cccc12. The molecular weight excluding hydrogens is 174 g/mol. The number of aromatic amines is 1. The van der Waals surface area contributed by atoms with E-state index in [-0.39, 0.29) is 0 Å². The highest BCUT2D eigenvalue weighted by molar-refractivity contribution is 5.92. The third kappa shape index (κ3) is 1.29. The monoisotopic (exact) mass is 187 g/mol. The van der Waals surface area contributed by atoms with Crippen LogP contribution in [0.2, 0.25) is 0 Å². The molecule has 14 heavy (non-hydrogen) atoms. The minimum Gasteiger partial charge on any atom is -0.495 e. The lowest BCUT2D eigenvalue weighted by atomic mass is 10.1. The number of nitrogens with one attached hydrogen (secondary N) is 1. The molecule has 0 saturated carbocycles.